The van der Waals surface area contributed by atoms with Gasteiger partial charge in [-0.2, -0.15) is 10.2 Å². The minimum Gasteiger partial charge on any atom is -0.477 e. The zero-order valence-electron chi connectivity index (χ0n) is 21.2. The van der Waals surface area contributed by atoms with Gasteiger partial charge in [0.2, 0.25) is 0 Å². The van der Waals surface area contributed by atoms with E-state index in [1.165, 1.54) is 29.7 Å². The molecule has 202 valence electrons. The number of carboxylic acid groups (broad SMARTS) is 1. The Kier molecular flexibility index (Phi) is 5.26. The van der Waals surface area contributed by atoms with Crippen molar-refractivity contribution in [1.29, 1.82) is 5.26 Å². The second-order valence-electron chi connectivity index (χ2n) is 10.8. The number of carboxylic acids is 1. The number of oxazole rings is 1. The van der Waals surface area contributed by atoms with Gasteiger partial charge in [0.15, 0.2) is 11.0 Å². The lowest BCUT2D eigenvalue weighted by atomic mass is 10.0. The normalized spacial score (nSPS) is 21.0. The summed E-state index contributed by atoms with van der Waals surface area (Å²) in [5.74, 6) is -2.79. The van der Waals surface area contributed by atoms with E-state index in [9.17, 15) is 28.7 Å². The summed E-state index contributed by atoms with van der Waals surface area (Å²) in [6.07, 6.45) is 2.20. The molecule has 3 fully saturated rings. The molecule has 7 rings (SSSR count). The van der Waals surface area contributed by atoms with E-state index in [0.717, 1.165) is 13.1 Å². The molecule has 0 radical (unpaired) electrons. The Morgan fingerprint density at radius 2 is 1.93 bits per heavy atom. The van der Waals surface area contributed by atoms with Crippen molar-refractivity contribution in [2.75, 3.05) is 36.0 Å². The zero-order chi connectivity index (χ0) is 27.8. The predicted molar refractivity (Wildman–Crippen MR) is 142 cm³/mol. The first-order chi connectivity index (χ1) is 19.2. The summed E-state index contributed by atoms with van der Waals surface area (Å²) in [5.41, 5.74) is 1.92. The topological polar surface area (TPSA) is 116 Å². The Hall–Kier alpha value is -4.72. The van der Waals surface area contributed by atoms with Crippen LogP contribution in [0.25, 0.3) is 28.0 Å². The molecular weight excluding hydrogens is 520 g/mol. The van der Waals surface area contributed by atoms with E-state index in [4.69, 9.17) is 4.42 Å². The van der Waals surface area contributed by atoms with Crippen molar-refractivity contribution in [3.8, 4) is 23.0 Å². The summed E-state index contributed by atoms with van der Waals surface area (Å²) in [6.45, 7) is 1.48. The van der Waals surface area contributed by atoms with Gasteiger partial charge >= 0.3 is 5.97 Å². The lowest BCUT2D eigenvalue weighted by Crippen LogP contribution is -2.25. The molecule has 1 aliphatic carbocycles. The first kappa shape index (κ1) is 24.3. The summed E-state index contributed by atoms with van der Waals surface area (Å²) >= 11 is 0. The van der Waals surface area contributed by atoms with Crippen LogP contribution in [0.5, 0.6) is 0 Å². The van der Waals surface area contributed by atoms with Crippen LogP contribution in [0, 0.1) is 23.2 Å². The van der Waals surface area contributed by atoms with E-state index in [2.05, 4.69) is 16.0 Å². The SMILES string of the molecule is N#Cc1cc(-c2cc(=O)c(C(=O)O)cn2-c2ccc3nc(N4CC5CC5C4)oc3c2)ccc1N1CCC(F)(F)C1. The Balaban J connectivity index is 1.32. The van der Waals surface area contributed by atoms with Crippen LogP contribution in [0.1, 0.15) is 28.8 Å². The van der Waals surface area contributed by atoms with Crippen LogP contribution in [0.15, 0.2) is 57.9 Å². The molecular formula is C29H23F2N5O4. The fraction of sp³-hybridized carbons (Fsp3) is 0.310. The lowest BCUT2D eigenvalue weighted by molar-refractivity contribution is 0.0257. The van der Waals surface area contributed by atoms with E-state index in [0.29, 0.717) is 51.6 Å². The maximum absolute atomic E-state index is 13.8. The van der Waals surface area contributed by atoms with Crippen molar-refractivity contribution in [2.24, 2.45) is 11.8 Å². The van der Waals surface area contributed by atoms with Crippen molar-refractivity contribution < 1.29 is 23.1 Å². The van der Waals surface area contributed by atoms with Gasteiger partial charge in [-0.1, -0.05) is 6.07 Å². The molecule has 1 saturated carbocycles. The van der Waals surface area contributed by atoms with Gasteiger partial charge in [-0.3, -0.25) is 4.79 Å². The molecule has 1 N–H and O–H groups in total. The monoisotopic (exact) mass is 543 g/mol. The third kappa shape index (κ3) is 4.07. The van der Waals surface area contributed by atoms with Gasteiger partial charge < -0.3 is 23.9 Å². The molecule has 4 heterocycles. The smallest absolute Gasteiger partial charge is 0.341 e. The molecule has 2 saturated heterocycles. The molecule has 0 spiro atoms. The summed E-state index contributed by atoms with van der Waals surface area (Å²) in [4.78, 5) is 32.8. The second kappa shape index (κ2) is 8.64. The summed E-state index contributed by atoms with van der Waals surface area (Å²) in [5, 5.41) is 19.5. The Morgan fingerprint density at radius 3 is 2.62 bits per heavy atom. The van der Waals surface area contributed by atoms with Crippen LogP contribution in [0.4, 0.5) is 20.5 Å². The molecule has 9 nitrogen and oxygen atoms in total. The van der Waals surface area contributed by atoms with Crippen LogP contribution in [0.2, 0.25) is 0 Å². The molecule has 2 atom stereocenters. The van der Waals surface area contributed by atoms with Crippen LogP contribution in [-0.4, -0.2) is 52.7 Å². The predicted octanol–water partition coefficient (Wildman–Crippen LogP) is 4.52. The molecule has 2 unspecified atom stereocenters. The standard InChI is InChI=1S/C29H23F2N5O4/c30-29(31)5-6-34(15-29)23-4-1-16(7-17(23)11-32)24-10-25(37)21(27(38)39)14-36(24)20-2-3-22-26(9-20)40-28(33-22)35-12-18-8-19(18)13-35/h1-4,7,9-10,14,18-19H,5-6,8,12-13,15H2,(H,38,39). The molecule has 0 bridgehead atoms. The Labute approximate surface area is 226 Å². The molecule has 2 aromatic carbocycles. The number of carbonyl (C=O) groups is 1. The minimum absolute atomic E-state index is 0.122. The highest BCUT2D eigenvalue weighted by Crippen LogP contribution is 2.46. The number of alkyl halides is 2. The van der Waals surface area contributed by atoms with E-state index < -0.39 is 29.4 Å². The minimum atomic E-state index is -2.83. The van der Waals surface area contributed by atoms with Crippen molar-refractivity contribution in [1.82, 2.24) is 9.55 Å². The number of pyridine rings is 1. The number of aromatic nitrogens is 2. The van der Waals surface area contributed by atoms with Crippen LogP contribution < -0.4 is 15.2 Å². The molecule has 2 aliphatic heterocycles. The number of hydrogen-bond donors (Lipinski definition) is 1. The maximum Gasteiger partial charge on any atom is 0.341 e. The maximum atomic E-state index is 13.8. The van der Waals surface area contributed by atoms with E-state index >= 15 is 0 Å². The van der Waals surface area contributed by atoms with Crippen LogP contribution in [-0.2, 0) is 0 Å². The van der Waals surface area contributed by atoms with Gasteiger partial charge in [-0.25, -0.2) is 13.6 Å². The molecule has 4 aromatic rings. The van der Waals surface area contributed by atoms with Crippen molar-refractivity contribution in [3.63, 3.8) is 0 Å². The first-order valence-corrected chi connectivity index (χ1v) is 13.0. The van der Waals surface area contributed by atoms with Crippen molar-refractivity contribution in [2.45, 2.75) is 18.8 Å². The summed E-state index contributed by atoms with van der Waals surface area (Å²) in [7, 11) is 0. The van der Waals surface area contributed by atoms with Crippen LogP contribution >= 0.6 is 0 Å². The number of halogens is 2. The van der Waals surface area contributed by atoms with Crippen molar-refractivity contribution in [3.05, 3.63) is 70.0 Å². The highest BCUT2D eigenvalue weighted by atomic mass is 19.3. The third-order valence-corrected chi connectivity index (χ3v) is 8.09. The molecule has 40 heavy (non-hydrogen) atoms. The van der Waals surface area contributed by atoms with Gasteiger partial charge in [-0.05, 0) is 42.5 Å². The molecule has 0 amide bonds. The fourth-order valence-corrected chi connectivity index (χ4v) is 5.87. The number of benzene rings is 2. The Morgan fingerprint density at radius 1 is 1.12 bits per heavy atom. The lowest BCUT2D eigenvalue weighted by Gasteiger charge is -2.21. The average molecular weight is 544 g/mol. The molecule has 3 aliphatic rings. The van der Waals surface area contributed by atoms with Crippen LogP contribution in [0.3, 0.4) is 0 Å². The Bertz CT molecular complexity index is 1800. The number of nitrogens with zero attached hydrogens (tertiary/aromatic N) is 5. The van der Waals surface area contributed by atoms with Gasteiger partial charge in [0, 0.05) is 55.6 Å². The first-order valence-electron chi connectivity index (χ1n) is 13.0. The van der Waals surface area contributed by atoms with Crippen molar-refractivity contribution >= 4 is 28.8 Å². The number of fused-ring (bicyclic) bond motifs is 2. The number of piperidine rings is 1. The van der Waals surface area contributed by atoms with Gasteiger partial charge in [0.25, 0.3) is 11.9 Å². The molecule has 11 heteroatoms. The van der Waals surface area contributed by atoms with Gasteiger partial charge in [0.05, 0.1) is 23.5 Å². The highest BCUT2D eigenvalue weighted by Gasteiger charge is 2.46. The highest BCUT2D eigenvalue weighted by molar-refractivity contribution is 5.88. The quantitative estimate of drug-likeness (QED) is 0.391. The second-order valence-corrected chi connectivity index (χ2v) is 10.8. The van der Waals surface area contributed by atoms with E-state index in [-0.39, 0.29) is 18.5 Å². The fourth-order valence-electron chi connectivity index (χ4n) is 5.87. The molecule has 2 aromatic heterocycles. The summed E-state index contributed by atoms with van der Waals surface area (Å²) < 4.78 is 35.3. The number of anilines is 2. The largest absolute Gasteiger partial charge is 0.477 e. The van der Waals surface area contributed by atoms with E-state index in [1.807, 2.05) is 0 Å². The van der Waals surface area contributed by atoms with Gasteiger partial charge in [0.1, 0.15) is 17.1 Å². The number of hydrogen-bond acceptors (Lipinski definition) is 7. The number of nitriles is 1. The zero-order valence-corrected chi connectivity index (χ0v) is 21.2. The van der Waals surface area contributed by atoms with Gasteiger partial charge in [-0.15, -0.1) is 0 Å². The third-order valence-electron chi connectivity index (χ3n) is 8.09. The summed E-state index contributed by atoms with van der Waals surface area (Å²) in [6, 6.07) is 13.8. The number of aromatic carboxylic acids is 1. The van der Waals surface area contributed by atoms with E-state index in [1.54, 1.807) is 34.9 Å². The average Bonchev–Trinajstić information content (AvgIpc) is 3.24. The number of rotatable bonds is 5.